The maximum atomic E-state index is 12.4. The number of amides is 2. The van der Waals surface area contributed by atoms with Crippen LogP contribution in [0.2, 0.25) is 0 Å². The van der Waals surface area contributed by atoms with E-state index in [1.807, 2.05) is 31.2 Å². The molecule has 1 aromatic rings. The van der Waals surface area contributed by atoms with E-state index in [1.54, 1.807) is 11.9 Å². The fraction of sp³-hybridized carbons (Fsp3) is 0.579. The third-order valence-corrected chi connectivity index (χ3v) is 4.89. The number of ether oxygens (including phenoxy) is 1. The predicted octanol–water partition coefficient (Wildman–Crippen LogP) is 1.06. The van der Waals surface area contributed by atoms with E-state index in [4.69, 9.17) is 4.74 Å². The summed E-state index contributed by atoms with van der Waals surface area (Å²) in [6.07, 6.45) is 2.12. The van der Waals surface area contributed by atoms with Gasteiger partial charge in [0.25, 0.3) is 0 Å². The van der Waals surface area contributed by atoms with E-state index in [0.717, 1.165) is 50.5 Å². The minimum absolute atomic E-state index is 0.0236. The molecule has 1 atom stereocenters. The van der Waals surface area contributed by atoms with Crippen molar-refractivity contribution in [1.29, 1.82) is 0 Å². The number of anilines is 2. The van der Waals surface area contributed by atoms with Crippen LogP contribution >= 0.6 is 0 Å². The largest absolute Gasteiger partial charge is 0.378 e. The number of nitrogens with zero attached hydrogens (tertiary/aromatic N) is 2. The van der Waals surface area contributed by atoms with Gasteiger partial charge in [0, 0.05) is 30.5 Å². The molecule has 1 aliphatic heterocycles. The van der Waals surface area contributed by atoms with E-state index in [9.17, 15) is 9.59 Å². The number of nitrogens with one attached hydrogen (secondary N) is 2. The number of benzene rings is 1. The van der Waals surface area contributed by atoms with Crippen LogP contribution in [0, 0.1) is 0 Å². The Morgan fingerprint density at radius 2 is 1.88 bits per heavy atom. The minimum Gasteiger partial charge on any atom is -0.378 e. The first-order chi connectivity index (χ1) is 12.5. The predicted molar refractivity (Wildman–Crippen MR) is 101 cm³/mol. The van der Waals surface area contributed by atoms with Crippen LogP contribution in [0.15, 0.2) is 24.3 Å². The molecule has 2 fully saturated rings. The Bertz CT molecular complexity index is 624. The van der Waals surface area contributed by atoms with Crippen LogP contribution in [-0.2, 0) is 14.3 Å². The molecule has 0 unspecified atom stereocenters. The average Bonchev–Trinajstić information content (AvgIpc) is 3.46. The molecule has 0 aromatic heterocycles. The van der Waals surface area contributed by atoms with Gasteiger partial charge in [0.15, 0.2) is 0 Å². The number of carbonyl (C=O) groups is 2. The molecule has 1 aliphatic carbocycles. The highest BCUT2D eigenvalue weighted by molar-refractivity contribution is 5.95. The zero-order valence-electron chi connectivity index (χ0n) is 15.5. The van der Waals surface area contributed by atoms with Crippen molar-refractivity contribution in [3.05, 3.63) is 24.3 Å². The Labute approximate surface area is 154 Å². The first kappa shape index (κ1) is 18.7. The molecule has 0 radical (unpaired) electrons. The van der Waals surface area contributed by atoms with E-state index in [1.165, 1.54) is 0 Å². The molecule has 1 heterocycles. The summed E-state index contributed by atoms with van der Waals surface area (Å²) in [6, 6.07) is 7.80. The van der Waals surface area contributed by atoms with Gasteiger partial charge >= 0.3 is 0 Å². The lowest BCUT2D eigenvalue weighted by Gasteiger charge is -2.29. The zero-order chi connectivity index (χ0) is 18.5. The second-order valence-electron chi connectivity index (χ2n) is 7.07. The third-order valence-electron chi connectivity index (χ3n) is 4.89. The van der Waals surface area contributed by atoms with Gasteiger partial charge < -0.3 is 20.3 Å². The molecule has 1 aromatic carbocycles. The van der Waals surface area contributed by atoms with Gasteiger partial charge in [-0.25, -0.2) is 0 Å². The van der Waals surface area contributed by atoms with Crippen molar-refractivity contribution in [1.82, 2.24) is 10.2 Å². The van der Waals surface area contributed by atoms with Crippen LogP contribution in [-0.4, -0.2) is 68.7 Å². The number of hydrogen-bond acceptors (Lipinski definition) is 5. The normalized spacial score (nSPS) is 18.5. The van der Waals surface area contributed by atoms with Gasteiger partial charge in [0.05, 0.1) is 25.8 Å². The van der Waals surface area contributed by atoms with E-state index >= 15 is 0 Å². The molecule has 0 spiro atoms. The third kappa shape index (κ3) is 5.19. The van der Waals surface area contributed by atoms with E-state index in [0.29, 0.717) is 6.04 Å². The highest BCUT2D eigenvalue weighted by Crippen LogP contribution is 2.20. The lowest BCUT2D eigenvalue weighted by molar-refractivity contribution is -0.124. The van der Waals surface area contributed by atoms with Gasteiger partial charge in [0.2, 0.25) is 11.8 Å². The van der Waals surface area contributed by atoms with Crippen LogP contribution in [0.1, 0.15) is 19.8 Å². The van der Waals surface area contributed by atoms with E-state index in [2.05, 4.69) is 15.5 Å². The molecule has 2 N–H and O–H groups in total. The van der Waals surface area contributed by atoms with E-state index < -0.39 is 0 Å². The molecule has 7 nitrogen and oxygen atoms in total. The van der Waals surface area contributed by atoms with Crippen LogP contribution in [0.4, 0.5) is 11.4 Å². The van der Waals surface area contributed by atoms with E-state index in [-0.39, 0.29) is 24.4 Å². The Kier molecular flexibility index (Phi) is 6.11. The lowest BCUT2D eigenvalue weighted by Crippen LogP contribution is -2.45. The SMILES string of the molecule is C[C@H](C(=O)Nc1ccc(N2CCOCC2)cc1)N(C)CC(=O)NC1CC1. The summed E-state index contributed by atoms with van der Waals surface area (Å²) in [6.45, 7) is 5.29. The number of carbonyl (C=O) groups excluding carboxylic acids is 2. The highest BCUT2D eigenvalue weighted by atomic mass is 16.5. The first-order valence-electron chi connectivity index (χ1n) is 9.26. The summed E-state index contributed by atoms with van der Waals surface area (Å²) in [4.78, 5) is 28.4. The smallest absolute Gasteiger partial charge is 0.241 e. The summed E-state index contributed by atoms with van der Waals surface area (Å²) < 4.78 is 5.37. The molecule has 3 rings (SSSR count). The van der Waals surface area contributed by atoms with Crippen molar-refractivity contribution in [3.63, 3.8) is 0 Å². The molecule has 1 saturated heterocycles. The van der Waals surface area contributed by atoms with Gasteiger partial charge in [-0.3, -0.25) is 14.5 Å². The van der Waals surface area contributed by atoms with Crippen LogP contribution in [0.5, 0.6) is 0 Å². The summed E-state index contributed by atoms with van der Waals surface area (Å²) in [5.74, 6) is -0.143. The fourth-order valence-electron chi connectivity index (χ4n) is 2.89. The average molecular weight is 360 g/mol. The molecule has 2 amide bonds. The molecule has 1 saturated carbocycles. The van der Waals surface area contributed by atoms with Gasteiger partial charge in [-0.1, -0.05) is 0 Å². The minimum atomic E-state index is -0.390. The van der Waals surface area contributed by atoms with Crippen molar-refractivity contribution >= 4 is 23.2 Å². The molecular weight excluding hydrogens is 332 g/mol. The van der Waals surface area contributed by atoms with Gasteiger partial charge in [-0.2, -0.15) is 0 Å². The van der Waals surface area contributed by atoms with Gasteiger partial charge in [-0.05, 0) is 51.1 Å². The second-order valence-corrected chi connectivity index (χ2v) is 7.07. The van der Waals surface area contributed by atoms with Crippen LogP contribution in [0.25, 0.3) is 0 Å². The Balaban J connectivity index is 1.48. The molecule has 2 aliphatic rings. The maximum Gasteiger partial charge on any atom is 0.241 e. The number of rotatable bonds is 7. The first-order valence-corrected chi connectivity index (χ1v) is 9.26. The Morgan fingerprint density at radius 1 is 1.23 bits per heavy atom. The molecule has 0 bridgehead atoms. The number of likely N-dealkylation sites (N-methyl/N-ethyl adjacent to an activating group) is 1. The van der Waals surface area contributed by atoms with Crippen LogP contribution < -0.4 is 15.5 Å². The van der Waals surface area contributed by atoms with Crippen molar-refractivity contribution in [2.45, 2.75) is 31.8 Å². The van der Waals surface area contributed by atoms with Crippen molar-refractivity contribution in [2.75, 3.05) is 50.1 Å². The molecule has 142 valence electrons. The van der Waals surface area contributed by atoms with Crippen molar-refractivity contribution in [2.24, 2.45) is 0 Å². The Hall–Kier alpha value is -2.12. The number of hydrogen-bond donors (Lipinski definition) is 2. The molecule has 26 heavy (non-hydrogen) atoms. The monoisotopic (exact) mass is 360 g/mol. The summed E-state index contributed by atoms with van der Waals surface area (Å²) in [7, 11) is 1.79. The van der Waals surface area contributed by atoms with Gasteiger partial charge in [-0.15, -0.1) is 0 Å². The maximum absolute atomic E-state index is 12.4. The lowest BCUT2D eigenvalue weighted by atomic mass is 10.2. The number of morpholine rings is 1. The summed E-state index contributed by atoms with van der Waals surface area (Å²) in [5, 5.41) is 5.86. The van der Waals surface area contributed by atoms with Gasteiger partial charge in [0.1, 0.15) is 0 Å². The zero-order valence-corrected chi connectivity index (χ0v) is 15.5. The Morgan fingerprint density at radius 3 is 2.50 bits per heavy atom. The fourth-order valence-corrected chi connectivity index (χ4v) is 2.89. The van der Waals surface area contributed by atoms with Crippen molar-refractivity contribution in [3.8, 4) is 0 Å². The van der Waals surface area contributed by atoms with Crippen molar-refractivity contribution < 1.29 is 14.3 Å². The quantitative estimate of drug-likeness (QED) is 0.761. The second kappa shape index (κ2) is 8.51. The molecule has 7 heteroatoms. The molecular formula is C19H28N4O3. The topological polar surface area (TPSA) is 73.9 Å². The standard InChI is InChI=1S/C19H28N4O3/c1-14(22(2)13-18(24)20-15-3-4-15)19(25)21-16-5-7-17(8-6-16)23-9-11-26-12-10-23/h5-8,14-15H,3-4,9-13H2,1-2H3,(H,20,24)(H,21,25)/t14-/m1/s1. The summed E-state index contributed by atoms with van der Waals surface area (Å²) >= 11 is 0. The highest BCUT2D eigenvalue weighted by Gasteiger charge is 2.25. The van der Waals surface area contributed by atoms with Crippen LogP contribution in [0.3, 0.4) is 0 Å². The summed E-state index contributed by atoms with van der Waals surface area (Å²) in [5.41, 5.74) is 1.89.